The summed E-state index contributed by atoms with van der Waals surface area (Å²) in [6.07, 6.45) is 1.63. The van der Waals surface area contributed by atoms with Gasteiger partial charge < -0.3 is 14.4 Å². The fourth-order valence-electron chi connectivity index (χ4n) is 5.48. The van der Waals surface area contributed by atoms with Gasteiger partial charge in [-0.25, -0.2) is 13.6 Å². The molecule has 2 aliphatic rings. The average Bonchev–Trinajstić information content (AvgIpc) is 3.22. The molecule has 1 amide bonds. The summed E-state index contributed by atoms with van der Waals surface area (Å²) in [6.45, 7) is 2.81. The lowest BCUT2D eigenvalue weighted by atomic mass is 9.74. The molecule has 0 radical (unpaired) electrons. The van der Waals surface area contributed by atoms with E-state index in [-0.39, 0.29) is 16.9 Å². The van der Waals surface area contributed by atoms with E-state index >= 15 is 0 Å². The molecule has 6 nitrogen and oxygen atoms in total. The van der Waals surface area contributed by atoms with Crippen LogP contribution in [-0.4, -0.2) is 50.6 Å². The van der Waals surface area contributed by atoms with Gasteiger partial charge in [-0.3, -0.25) is 9.69 Å². The normalized spacial score (nSPS) is 16.5. The number of esters is 1. The van der Waals surface area contributed by atoms with Crippen molar-refractivity contribution in [2.24, 2.45) is 0 Å². The van der Waals surface area contributed by atoms with E-state index in [1.807, 2.05) is 24.3 Å². The molecule has 1 fully saturated rings. The Morgan fingerprint density at radius 2 is 1.57 bits per heavy atom. The minimum Gasteiger partial charge on any atom is -0.497 e. The van der Waals surface area contributed by atoms with E-state index in [0.717, 1.165) is 67.5 Å². The zero-order chi connectivity index (χ0) is 26.2. The number of ether oxygens (including phenoxy) is 2. The molecular formula is C29H28F2N2O4. The second-order valence-corrected chi connectivity index (χ2v) is 9.68. The molecule has 2 aliphatic heterocycles. The van der Waals surface area contributed by atoms with Crippen molar-refractivity contribution in [3.63, 3.8) is 0 Å². The second-order valence-electron chi connectivity index (χ2n) is 9.68. The Hall–Kier alpha value is -3.78. The van der Waals surface area contributed by atoms with Crippen molar-refractivity contribution in [3.05, 3.63) is 94.6 Å². The maximum absolute atomic E-state index is 13.9. The molecule has 192 valence electrons. The lowest BCUT2D eigenvalue weighted by molar-refractivity contribution is 0.0600. The smallest absolute Gasteiger partial charge is 0.337 e. The third-order valence-electron chi connectivity index (χ3n) is 7.48. The number of hydrogen-bond donors (Lipinski definition) is 0. The standard InChI is InChI=1S/C29H28F2N2O4/c1-36-24-7-8-26-25(16-24)29(18-33(26)27(34)21-13-22(30)15-23(31)14-21)9-11-32(12-10-29)17-19-3-5-20(6-4-19)28(35)37-2/h3-8,13-16H,9-12,17-18H2,1-2H3. The Balaban J connectivity index is 1.36. The molecule has 5 rings (SSSR count). The van der Waals surface area contributed by atoms with Crippen LogP contribution in [0, 0.1) is 11.6 Å². The number of methoxy groups -OCH3 is 2. The number of hydrogen-bond acceptors (Lipinski definition) is 5. The second kappa shape index (κ2) is 9.94. The molecule has 0 unspecified atom stereocenters. The minimum atomic E-state index is -0.778. The Kier molecular flexibility index (Phi) is 6.69. The van der Waals surface area contributed by atoms with Crippen LogP contribution < -0.4 is 9.64 Å². The number of nitrogens with zero attached hydrogens (tertiary/aromatic N) is 2. The molecule has 0 saturated carbocycles. The Bertz CT molecular complexity index is 1310. The van der Waals surface area contributed by atoms with Crippen LogP contribution in [0.1, 0.15) is 44.7 Å². The van der Waals surface area contributed by atoms with Crippen molar-refractivity contribution in [3.8, 4) is 5.75 Å². The molecule has 0 bridgehead atoms. The van der Waals surface area contributed by atoms with Crippen molar-refractivity contribution in [1.29, 1.82) is 0 Å². The van der Waals surface area contributed by atoms with Gasteiger partial charge in [-0.2, -0.15) is 0 Å². The highest BCUT2D eigenvalue weighted by Crippen LogP contribution is 2.48. The van der Waals surface area contributed by atoms with Crippen molar-refractivity contribution in [2.45, 2.75) is 24.8 Å². The van der Waals surface area contributed by atoms with Crippen LogP contribution in [0.25, 0.3) is 0 Å². The molecular weight excluding hydrogens is 478 g/mol. The number of fused-ring (bicyclic) bond motifs is 2. The van der Waals surface area contributed by atoms with Crippen LogP contribution in [0.15, 0.2) is 60.7 Å². The molecule has 3 aromatic rings. The van der Waals surface area contributed by atoms with Crippen LogP contribution in [0.3, 0.4) is 0 Å². The van der Waals surface area contributed by atoms with Gasteiger partial charge in [0.1, 0.15) is 17.4 Å². The van der Waals surface area contributed by atoms with Gasteiger partial charge in [0.15, 0.2) is 0 Å². The number of carbonyl (C=O) groups excluding carboxylic acids is 2. The van der Waals surface area contributed by atoms with Gasteiger partial charge in [0, 0.05) is 35.8 Å². The van der Waals surface area contributed by atoms with E-state index in [1.165, 1.54) is 7.11 Å². The van der Waals surface area contributed by atoms with Gasteiger partial charge >= 0.3 is 5.97 Å². The Morgan fingerprint density at radius 3 is 2.19 bits per heavy atom. The number of piperidine rings is 1. The maximum atomic E-state index is 13.9. The molecule has 1 spiro atoms. The van der Waals surface area contributed by atoms with Crippen molar-refractivity contribution in [1.82, 2.24) is 4.90 Å². The first-order chi connectivity index (χ1) is 17.8. The number of amides is 1. The van der Waals surface area contributed by atoms with Crippen LogP contribution in [-0.2, 0) is 16.7 Å². The van der Waals surface area contributed by atoms with Crippen molar-refractivity contribution < 1.29 is 27.8 Å². The largest absolute Gasteiger partial charge is 0.497 e. The quantitative estimate of drug-likeness (QED) is 0.458. The minimum absolute atomic E-state index is 0.0100. The zero-order valence-electron chi connectivity index (χ0n) is 20.8. The number of likely N-dealkylation sites (tertiary alicyclic amines) is 1. The van der Waals surface area contributed by atoms with Gasteiger partial charge in [-0.15, -0.1) is 0 Å². The predicted octanol–water partition coefficient (Wildman–Crippen LogP) is 4.95. The molecule has 0 aromatic heterocycles. The first-order valence-corrected chi connectivity index (χ1v) is 12.2. The van der Waals surface area contributed by atoms with Crippen molar-refractivity contribution >= 4 is 17.6 Å². The number of carbonyl (C=O) groups is 2. The highest BCUT2D eigenvalue weighted by Gasteiger charge is 2.46. The lowest BCUT2D eigenvalue weighted by Crippen LogP contribution is -2.45. The van der Waals surface area contributed by atoms with E-state index in [2.05, 4.69) is 4.90 Å². The number of rotatable bonds is 5. The number of benzene rings is 3. The van der Waals surface area contributed by atoms with E-state index in [1.54, 1.807) is 30.2 Å². The van der Waals surface area contributed by atoms with Crippen LogP contribution in [0.2, 0.25) is 0 Å². The highest BCUT2D eigenvalue weighted by atomic mass is 19.1. The summed E-state index contributed by atoms with van der Waals surface area (Å²) < 4.78 is 38.0. The fourth-order valence-corrected chi connectivity index (χ4v) is 5.48. The Morgan fingerprint density at radius 1 is 0.892 bits per heavy atom. The fraction of sp³-hybridized carbons (Fsp3) is 0.310. The molecule has 0 N–H and O–H groups in total. The number of halogens is 2. The summed E-state index contributed by atoms with van der Waals surface area (Å²) in [7, 11) is 2.97. The molecule has 3 aromatic carbocycles. The van der Waals surface area contributed by atoms with Crippen LogP contribution in [0.4, 0.5) is 14.5 Å². The summed E-state index contributed by atoms with van der Waals surface area (Å²) in [4.78, 5) is 29.1. The van der Waals surface area contributed by atoms with Gasteiger partial charge in [0.25, 0.3) is 5.91 Å². The SMILES string of the molecule is COC(=O)c1ccc(CN2CCC3(CC2)CN(C(=O)c2cc(F)cc(F)c2)c2ccc(OC)cc23)cc1. The topological polar surface area (TPSA) is 59.1 Å². The molecule has 0 aliphatic carbocycles. The third kappa shape index (κ3) is 4.81. The van der Waals surface area contributed by atoms with E-state index < -0.39 is 17.5 Å². The summed E-state index contributed by atoms with van der Waals surface area (Å²) in [5, 5.41) is 0. The highest BCUT2D eigenvalue weighted by molar-refractivity contribution is 6.07. The first-order valence-electron chi connectivity index (χ1n) is 12.2. The molecule has 2 heterocycles. The van der Waals surface area contributed by atoms with E-state index in [9.17, 15) is 18.4 Å². The average molecular weight is 507 g/mol. The summed E-state index contributed by atoms with van der Waals surface area (Å²) >= 11 is 0. The molecule has 37 heavy (non-hydrogen) atoms. The van der Waals surface area contributed by atoms with Gasteiger partial charge in [0.2, 0.25) is 0 Å². The van der Waals surface area contributed by atoms with E-state index in [0.29, 0.717) is 17.9 Å². The summed E-state index contributed by atoms with van der Waals surface area (Å²) in [5.74, 6) is -1.63. The van der Waals surface area contributed by atoms with Crippen molar-refractivity contribution in [2.75, 3.05) is 38.8 Å². The monoisotopic (exact) mass is 506 g/mol. The summed E-state index contributed by atoms with van der Waals surface area (Å²) in [6, 6.07) is 16.0. The molecule has 8 heteroatoms. The van der Waals surface area contributed by atoms with Crippen LogP contribution >= 0.6 is 0 Å². The van der Waals surface area contributed by atoms with Gasteiger partial charge in [-0.1, -0.05) is 12.1 Å². The number of anilines is 1. The zero-order valence-corrected chi connectivity index (χ0v) is 20.8. The summed E-state index contributed by atoms with van der Waals surface area (Å²) in [5.41, 5.74) is 3.10. The van der Waals surface area contributed by atoms with E-state index in [4.69, 9.17) is 9.47 Å². The maximum Gasteiger partial charge on any atom is 0.337 e. The van der Waals surface area contributed by atoms with Gasteiger partial charge in [0.05, 0.1) is 19.8 Å². The third-order valence-corrected chi connectivity index (χ3v) is 7.48. The van der Waals surface area contributed by atoms with Crippen LogP contribution in [0.5, 0.6) is 5.75 Å². The Labute approximate surface area is 214 Å². The molecule has 1 saturated heterocycles. The lowest BCUT2D eigenvalue weighted by Gasteiger charge is -2.40. The van der Waals surface area contributed by atoms with Gasteiger partial charge in [-0.05, 0) is 79.5 Å². The first kappa shape index (κ1) is 24.9. The molecule has 0 atom stereocenters. The predicted molar refractivity (Wildman–Crippen MR) is 135 cm³/mol.